The number of benzene rings is 1. The van der Waals surface area contributed by atoms with Gasteiger partial charge in [0.2, 0.25) is 0 Å². The van der Waals surface area contributed by atoms with E-state index in [9.17, 15) is 13.2 Å². The third kappa shape index (κ3) is 4.53. The van der Waals surface area contributed by atoms with Crippen LogP contribution in [0, 0.1) is 0 Å². The minimum Gasteiger partial charge on any atom is -0.377 e. The van der Waals surface area contributed by atoms with E-state index < -0.39 is 9.84 Å². The first-order valence-electron chi connectivity index (χ1n) is 8.47. The maximum absolute atomic E-state index is 12.7. The van der Waals surface area contributed by atoms with Gasteiger partial charge in [-0.05, 0) is 31.0 Å². The Kier molecular flexibility index (Phi) is 5.68. The van der Waals surface area contributed by atoms with Crippen LogP contribution in [-0.2, 0) is 14.6 Å². The van der Waals surface area contributed by atoms with Crippen LogP contribution in [0.15, 0.2) is 23.1 Å². The summed E-state index contributed by atoms with van der Waals surface area (Å²) in [6.07, 6.45) is 3.64. The number of rotatable bonds is 4. The molecular weight excluding hydrogens is 364 g/mol. The highest BCUT2D eigenvalue weighted by Gasteiger charge is 2.26. The molecule has 1 atom stereocenters. The molecular formula is C17H23ClN2O4S. The number of piperazine rings is 1. The Balaban J connectivity index is 1.62. The average Bonchev–Trinajstić information content (AvgIpc) is 3.07. The molecule has 25 heavy (non-hydrogen) atoms. The summed E-state index contributed by atoms with van der Waals surface area (Å²) in [6, 6.07) is 4.43. The minimum atomic E-state index is -3.47. The lowest BCUT2D eigenvalue weighted by Crippen LogP contribution is -2.50. The summed E-state index contributed by atoms with van der Waals surface area (Å²) in [6.45, 7) is 4.63. The molecule has 2 fully saturated rings. The van der Waals surface area contributed by atoms with Crippen molar-refractivity contribution in [1.29, 1.82) is 0 Å². The molecule has 0 aliphatic carbocycles. The van der Waals surface area contributed by atoms with Gasteiger partial charge in [0.25, 0.3) is 5.91 Å². The molecule has 2 saturated heterocycles. The summed E-state index contributed by atoms with van der Waals surface area (Å²) in [4.78, 5) is 16.8. The molecule has 0 bridgehead atoms. The maximum atomic E-state index is 12.7. The van der Waals surface area contributed by atoms with Gasteiger partial charge in [0.1, 0.15) is 0 Å². The molecule has 0 N–H and O–H groups in total. The van der Waals surface area contributed by atoms with E-state index in [0.29, 0.717) is 24.8 Å². The SMILES string of the molecule is CS(=O)(=O)c1cc(C(=O)N2CCN(CC3CCCO3)CC2)ccc1Cl. The normalized spacial score (nSPS) is 22.3. The largest absolute Gasteiger partial charge is 0.377 e. The molecule has 2 aliphatic rings. The van der Waals surface area contributed by atoms with E-state index in [0.717, 1.165) is 45.3 Å². The fourth-order valence-corrected chi connectivity index (χ4v) is 4.61. The quantitative estimate of drug-likeness (QED) is 0.787. The van der Waals surface area contributed by atoms with Crippen molar-refractivity contribution in [2.75, 3.05) is 45.6 Å². The van der Waals surface area contributed by atoms with Gasteiger partial charge in [0, 0.05) is 51.1 Å². The molecule has 2 aliphatic heterocycles. The van der Waals surface area contributed by atoms with Crippen molar-refractivity contribution in [3.63, 3.8) is 0 Å². The molecule has 1 aromatic carbocycles. The number of carbonyl (C=O) groups is 1. The zero-order valence-electron chi connectivity index (χ0n) is 14.3. The van der Waals surface area contributed by atoms with Crippen LogP contribution < -0.4 is 0 Å². The van der Waals surface area contributed by atoms with Crippen molar-refractivity contribution in [3.05, 3.63) is 28.8 Å². The Morgan fingerprint density at radius 1 is 1.28 bits per heavy atom. The molecule has 138 valence electrons. The predicted octanol–water partition coefficient (Wildman–Crippen LogP) is 1.68. The second-order valence-corrected chi connectivity index (χ2v) is 9.04. The number of hydrogen-bond donors (Lipinski definition) is 0. The second kappa shape index (κ2) is 7.61. The van der Waals surface area contributed by atoms with Crippen molar-refractivity contribution in [3.8, 4) is 0 Å². The molecule has 8 heteroatoms. The molecule has 3 rings (SSSR count). The predicted molar refractivity (Wildman–Crippen MR) is 95.9 cm³/mol. The van der Waals surface area contributed by atoms with Crippen LogP contribution in [-0.4, -0.2) is 75.8 Å². The maximum Gasteiger partial charge on any atom is 0.253 e. The zero-order chi connectivity index (χ0) is 18.0. The fourth-order valence-electron chi connectivity index (χ4n) is 3.31. The van der Waals surface area contributed by atoms with Crippen LogP contribution in [0.1, 0.15) is 23.2 Å². The molecule has 0 aromatic heterocycles. The first-order valence-corrected chi connectivity index (χ1v) is 10.7. The summed E-state index contributed by atoms with van der Waals surface area (Å²) in [7, 11) is -3.47. The third-order valence-corrected chi connectivity index (χ3v) is 6.30. The van der Waals surface area contributed by atoms with Crippen LogP contribution in [0.3, 0.4) is 0 Å². The van der Waals surface area contributed by atoms with Gasteiger partial charge in [-0.2, -0.15) is 0 Å². The molecule has 2 heterocycles. The Bertz CT molecular complexity index is 739. The van der Waals surface area contributed by atoms with Crippen LogP contribution in [0.5, 0.6) is 0 Å². The molecule has 0 spiro atoms. The summed E-state index contributed by atoms with van der Waals surface area (Å²) in [5, 5.41) is 0.139. The number of halogens is 1. The van der Waals surface area contributed by atoms with Gasteiger partial charge in [-0.3, -0.25) is 9.69 Å². The van der Waals surface area contributed by atoms with E-state index in [1.165, 1.54) is 12.1 Å². The van der Waals surface area contributed by atoms with Crippen molar-refractivity contribution in [2.45, 2.75) is 23.8 Å². The highest BCUT2D eigenvalue weighted by atomic mass is 35.5. The van der Waals surface area contributed by atoms with Gasteiger partial charge in [0.05, 0.1) is 16.0 Å². The lowest BCUT2D eigenvalue weighted by atomic mass is 10.1. The van der Waals surface area contributed by atoms with E-state index in [1.807, 2.05) is 0 Å². The van der Waals surface area contributed by atoms with E-state index in [1.54, 1.807) is 11.0 Å². The number of sulfone groups is 1. The fraction of sp³-hybridized carbons (Fsp3) is 0.588. The third-order valence-electron chi connectivity index (χ3n) is 4.72. The first kappa shape index (κ1) is 18.6. The van der Waals surface area contributed by atoms with Crippen LogP contribution in [0.2, 0.25) is 5.02 Å². The number of nitrogens with zero attached hydrogens (tertiary/aromatic N) is 2. The summed E-state index contributed by atoms with van der Waals surface area (Å²) in [5.41, 5.74) is 0.359. The Morgan fingerprint density at radius 3 is 2.60 bits per heavy atom. The first-order chi connectivity index (χ1) is 11.8. The Hall–Kier alpha value is -1.15. The Labute approximate surface area is 153 Å². The lowest BCUT2D eigenvalue weighted by molar-refractivity contribution is 0.0432. The minimum absolute atomic E-state index is 0.00275. The van der Waals surface area contributed by atoms with Crippen molar-refractivity contribution >= 4 is 27.3 Å². The molecule has 0 saturated carbocycles. The smallest absolute Gasteiger partial charge is 0.253 e. The second-order valence-electron chi connectivity index (χ2n) is 6.65. The van der Waals surface area contributed by atoms with E-state index >= 15 is 0 Å². The highest BCUT2D eigenvalue weighted by molar-refractivity contribution is 7.90. The van der Waals surface area contributed by atoms with Gasteiger partial charge in [-0.25, -0.2) is 8.42 Å². The number of hydrogen-bond acceptors (Lipinski definition) is 5. The molecule has 0 radical (unpaired) electrons. The summed E-state index contributed by atoms with van der Waals surface area (Å²) in [5.74, 6) is -0.154. The molecule has 6 nitrogen and oxygen atoms in total. The van der Waals surface area contributed by atoms with Crippen molar-refractivity contribution < 1.29 is 17.9 Å². The summed E-state index contributed by atoms with van der Waals surface area (Å²) >= 11 is 5.95. The lowest BCUT2D eigenvalue weighted by Gasteiger charge is -2.35. The molecule has 1 amide bonds. The summed E-state index contributed by atoms with van der Waals surface area (Å²) < 4.78 is 29.2. The molecule has 1 unspecified atom stereocenters. The highest BCUT2D eigenvalue weighted by Crippen LogP contribution is 2.23. The number of carbonyl (C=O) groups excluding carboxylic acids is 1. The molecule has 1 aromatic rings. The number of ether oxygens (including phenoxy) is 1. The van der Waals surface area contributed by atoms with Gasteiger partial charge in [-0.15, -0.1) is 0 Å². The van der Waals surface area contributed by atoms with Crippen LogP contribution in [0.25, 0.3) is 0 Å². The van der Waals surface area contributed by atoms with Gasteiger partial charge in [0.15, 0.2) is 9.84 Å². The van der Waals surface area contributed by atoms with Gasteiger partial charge >= 0.3 is 0 Å². The van der Waals surface area contributed by atoms with Gasteiger partial charge in [-0.1, -0.05) is 11.6 Å². The Morgan fingerprint density at radius 2 is 2.00 bits per heavy atom. The van der Waals surface area contributed by atoms with E-state index in [-0.39, 0.29) is 15.8 Å². The monoisotopic (exact) mass is 386 g/mol. The topological polar surface area (TPSA) is 66.9 Å². The average molecular weight is 387 g/mol. The van der Waals surface area contributed by atoms with Crippen LogP contribution in [0.4, 0.5) is 0 Å². The zero-order valence-corrected chi connectivity index (χ0v) is 15.9. The van der Waals surface area contributed by atoms with Crippen molar-refractivity contribution in [1.82, 2.24) is 9.80 Å². The van der Waals surface area contributed by atoms with Crippen LogP contribution >= 0.6 is 11.6 Å². The van der Waals surface area contributed by atoms with E-state index in [2.05, 4.69) is 4.90 Å². The standard InChI is InChI=1S/C17H23ClN2O4S/c1-25(22,23)16-11-13(4-5-15(16)18)17(21)20-8-6-19(7-9-20)12-14-3-2-10-24-14/h4-5,11,14H,2-3,6-10,12H2,1H3. The van der Waals surface area contributed by atoms with E-state index in [4.69, 9.17) is 16.3 Å². The van der Waals surface area contributed by atoms with Gasteiger partial charge < -0.3 is 9.64 Å². The number of amides is 1. The van der Waals surface area contributed by atoms with Crippen molar-refractivity contribution in [2.24, 2.45) is 0 Å².